The highest BCUT2D eigenvalue weighted by atomic mass is 16.6. The highest BCUT2D eigenvalue weighted by Gasteiger charge is 2.16. The van der Waals surface area contributed by atoms with E-state index < -0.39 is 4.92 Å². The lowest BCUT2D eigenvalue weighted by atomic mass is 9.92. The number of Topliss-reactive ketones (excluding diaryl/α,β-unsaturated/α-hetero) is 1. The van der Waals surface area contributed by atoms with Crippen molar-refractivity contribution in [3.05, 3.63) is 39.9 Å². The van der Waals surface area contributed by atoms with Crippen molar-refractivity contribution in [1.29, 1.82) is 0 Å². The summed E-state index contributed by atoms with van der Waals surface area (Å²) in [5.41, 5.74) is 0.944. The van der Waals surface area contributed by atoms with Crippen LogP contribution in [0.5, 0.6) is 0 Å². The number of benzene rings is 1. The molecule has 1 saturated carbocycles. The molecule has 0 atom stereocenters. The Bertz CT molecular complexity index is 459. The van der Waals surface area contributed by atoms with Crippen LogP contribution in [0.25, 0.3) is 0 Å². The molecule has 0 radical (unpaired) electrons. The maximum absolute atomic E-state index is 12.1. The molecule has 1 fully saturated rings. The topological polar surface area (TPSA) is 60.2 Å². The van der Waals surface area contributed by atoms with Gasteiger partial charge < -0.3 is 0 Å². The van der Waals surface area contributed by atoms with Crippen LogP contribution >= 0.6 is 0 Å². The highest BCUT2D eigenvalue weighted by Crippen LogP contribution is 2.26. The van der Waals surface area contributed by atoms with Crippen LogP contribution in [0.4, 0.5) is 5.69 Å². The number of hydrogen-bond acceptors (Lipinski definition) is 3. The summed E-state index contributed by atoms with van der Waals surface area (Å²) in [6.45, 7) is 0. The summed E-state index contributed by atoms with van der Waals surface area (Å²) in [6, 6.07) is 6.30. The predicted molar refractivity (Wildman–Crippen MR) is 77.6 cm³/mol. The monoisotopic (exact) mass is 275 g/mol. The van der Waals surface area contributed by atoms with E-state index in [-0.39, 0.29) is 11.5 Å². The lowest BCUT2D eigenvalue weighted by Crippen LogP contribution is -2.10. The predicted octanol–water partition coefficient (Wildman–Crippen LogP) is 4.07. The molecule has 0 aliphatic heterocycles. The summed E-state index contributed by atoms with van der Waals surface area (Å²) in [5.74, 6) is 0.800. The van der Waals surface area contributed by atoms with Gasteiger partial charge in [-0.3, -0.25) is 14.9 Å². The molecule has 0 amide bonds. The van der Waals surface area contributed by atoms with Gasteiger partial charge in [0.25, 0.3) is 5.69 Å². The number of carbonyl (C=O) groups is 1. The number of ketones is 1. The maximum Gasteiger partial charge on any atom is 0.269 e. The van der Waals surface area contributed by atoms with Gasteiger partial charge in [-0.25, -0.2) is 0 Å². The van der Waals surface area contributed by atoms with Gasteiger partial charge >= 0.3 is 0 Å². The number of nitro benzene ring substituents is 1. The molecule has 0 N–H and O–H groups in total. The van der Waals surface area contributed by atoms with E-state index in [9.17, 15) is 14.9 Å². The molecule has 1 aromatic rings. The maximum atomic E-state index is 12.1. The Labute approximate surface area is 119 Å². The summed E-state index contributed by atoms with van der Waals surface area (Å²) in [6.07, 6.45) is 8.49. The molecule has 0 aromatic heterocycles. The Morgan fingerprint density at radius 1 is 1.10 bits per heavy atom. The van der Waals surface area contributed by atoms with Gasteiger partial charge in [0.1, 0.15) is 5.78 Å². The summed E-state index contributed by atoms with van der Waals surface area (Å²) >= 11 is 0. The second kappa shape index (κ2) is 7.17. The molecule has 4 nitrogen and oxygen atoms in total. The third-order valence-electron chi connectivity index (χ3n) is 4.04. The van der Waals surface area contributed by atoms with Crippen molar-refractivity contribution in [3.8, 4) is 0 Å². The first-order valence-electron chi connectivity index (χ1n) is 7.40. The van der Waals surface area contributed by atoms with Gasteiger partial charge in [0.05, 0.1) is 4.92 Å². The van der Waals surface area contributed by atoms with Crippen LogP contribution in [0, 0.1) is 16.0 Å². The van der Waals surface area contributed by atoms with E-state index >= 15 is 0 Å². The minimum Gasteiger partial charge on any atom is -0.299 e. The fourth-order valence-electron chi connectivity index (χ4n) is 2.93. The van der Waals surface area contributed by atoms with Crippen molar-refractivity contribution >= 4 is 11.5 Å². The summed E-state index contributed by atoms with van der Waals surface area (Å²) in [7, 11) is 0. The van der Waals surface area contributed by atoms with Crippen LogP contribution < -0.4 is 0 Å². The Hall–Kier alpha value is -1.71. The number of nitrogens with zero attached hydrogens (tertiary/aromatic N) is 1. The summed E-state index contributed by atoms with van der Waals surface area (Å²) in [4.78, 5) is 22.2. The van der Waals surface area contributed by atoms with E-state index in [2.05, 4.69) is 0 Å². The third kappa shape index (κ3) is 4.44. The second-order valence-corrected chi connectivity index (χ2v) is 5.70. The van der Waals surface area contributed by atoms with E-state index in [1.165, 1.54) is 50.7 Å². The minimum absolute atomic E-state index is 0.0740. The number of carbonyl (C=O) groups excluding carboxylic acids is 1. The molecule has 0 bridgehead atoms. The lowest BCUT2D eigenvalue weighted by Gasteiger charge is -2.12. The van der Waals surface area contributed by atoms with E-state index in [4.69, 9.17) is 0 Å². The molecule has 0 spiro atoms. The fraction of sp³-hybridized carbons (Fsp3) is 0.562. The zero-order valence-corrected chi connectivity index (χ0v) is 11.7. The van der Waals surface area contributed by atoms with Crippen LogP contribution in [-0.2, 0) is 11.2 Å². The van der Waals surface area contributed by atoms with Crippen LogP contribution in [0.2, 0.25) is 0 Å². The first-order chi connectivity index (χ1) is 9.65. The molecule has 1 aromatic carbocycles. The van der Waals surface area contributed by atoms with E-state index in [1.807, 2.05) is 0 Å². The van der Waals surface area contributed by atoms with E-state index in [1.54, 1.807) is 12.1 Å². The number of non-ortho nitro benzene ring substituents is 1. The van der Waals surface area contributed by atoms with Crippen molar-refractivity contribution in [1.82, 2.24) is 0 Å². The molecule has 2 rings (SSSR count). The Morgan fingerprint density at radius 2 is 1.70 bits per heavy atom. The largest absolute Gasteiger partial charge is 0.299 e. The molecule has 0 unspecified atom stereocenters. The molecular weight excluding hydrogens is 254 g/mol. The number of hydrogen-bond donors (Lipinski definition) is 0. The normalized spacial score (nSPS) is 16.6. The van der Waals surface area contributed by atoms with Crippen LogP contribution in [-0.4, -0.2) is 10.7 Å². The Balaban J connectivity index is 1.85. The van der Waals surface area contributed by atoms with Crippen LogP contribution in [0.15, 0.2) is 24.3 Å². The van der Waals surface area contributed by atoms with Gasteiger partial charge in [0.15, 0.2) is 0 Å². The Morgan fingerprint density at radius 3 is 2.25 bits per heavy atom. The summed E-state index contributed by atoms with van der Waals surface area (Å²) < 4.78 is 0. The van der Waals surface area contributed by atoms with Gasteiger partial charge in [-0.2, -0.15) is 0 Å². The number of nitro groups is 1. The standard InChI is InChI=1S/C16H21NO3/c18-16(11-13-5-3-1-2-4-6-13)12-14-7-9-15(10-8-14)17(19)20/h7-10,13H,1-6,11-12H2. The molecule has 4 heteroatoms. The van der Waals surface area contributed by atoms with Crippen molar-refractivity contribution in [2.45, 2.75) is 51.4 Å². The van der Waals surface area contributed by atoms with Crippen molar-refractivity contribution in [2.75, 3.05) is 0 Å². The molecule has 108 valence electrons. The van der Waals surface area contributed by atoms with Crippen LogP contribution in [0.1, 0.15) is 50.5 Å². The summed E-state index contributed by atoms with van der Waals surface area (Å²) in [5, 5.41) is 10.6. The van der Waals surface area contributed by atoms with Gasteiger partial charge in [0.2, 0.25) is 0 Å². The van der Waals surface area contributed by atoms with E-state index in [0.29, 0.717) is 18.8 Å². The van der Waals surface area contributed by atoms with Gasteiger partial charge in [-0.1, -0.05) is 50.7 Å². The average molecular weight is 275 g/mol. The number of rotatable bonds is 5. The zero-order chi connectivity index (χ0) is 14.4. The fourth-order valence-corrected chi connectivity index (χ4v) is 2.93. The van der Waals surface area contributed by atoms with Crippen molar-refractivity contribution in [3.63, 3.8) is 0 Å². The first kappa shape index (κ1) is 14.7. The average Bonchev–Trinajstić information content (AvgIpc) is 2.68. The SMILES string of the molecule is O=C(Cc1ccc([N+](=O)[O-])cc1)CC1CCCCCC1. The van der Waals surface area contributed by atoms with Crippen molar-refractivity contribution < 1.29 is 9.72 Å². The second-order valence-electron chi connectivity index (χ2n) is 5.70. The van der Waals surface area contributed by atoms with Gasteiger partial charge in [-0.05, 0) is 11.5 Å². The lowest BCUT2D eigenvalue weighted by molar-refractivity contribution is -0.384. The molecule has 0 saturated heterocycles. The highest BCUT2D eigenvalue weighted by molar-refractivity contribution is 5.81. The first-order valence-corrected chi connectivity index (χ1v) is 7.40. The van der Waals surface area contributed by atoms with Gasteiger partial charge in [0, 0.05) is 25.0 Å². The quantitative estimate of drug-likeness (QED) is 0.462. The molecular formula is C16H21NO3. The zero-order valence-electron chi connectivity index (χ0n) is 11.7. The molecule has 0 heterocycles. The smallest absolute Gasteiger partial charge is 0.269 e. The van der Waals surface area contributed by atoms with Crippen molar-refractivity contribution in [2.24, 2.45) is 5.92 Å². The van der Waals surface area contributed by atoms with E-state index in [0.717, 1.165) is 5.56 Å². The molecule has 1 aliphatic rings. The van der Waals surface area contributed by atoms with Crippen LogP contribution in [0.3, 0.4) is 0 Å². The third-order valence-corrected chi connectivity index (χ3v) is 4.04. The molecule has 20 heavy (non-hydrogen) atoms. The van der Waals surface area contributed by atoms with Gasteiger partial charge in [-0.15, -0.1) is 0 Å². The molecule has 1 aliphatic carbocycles. The Kier molecular flexibility index (Phi) is 5.27. The minimum atomic E-state index is -0.420.